The quantitative estimate of drug-likeness (QED) is 0.702. The minimum atomic E-state index is 0.00872. The fraction of sp³-hybridized carbons (Fsp3) is 0.588. The summed E-state index contributed by atoms with van der Waals surface area (Å²) in [5, 5.41) is 14.6. The highest BCUT2D eigenvalue weighted by atomic mass is 32.1. The monoisotopic (exact) mass is 357 g/mol. The fourth-order valence-corrected chi connectivity index (χ4v) is 3.93. The maximum absolute atomic E-state index is 4.82. The van der Waals surface area contributed by atoms with Gasteiger partial charge in [0.1, 0.15) is 5.82 Å². The van der Waals surface area contributed by atoms with Crippen molar-refractivity contribution in [3.05, 3.63) is 29.5 Å². The predicted molar refractivity (Wildman–Crippen MR) is 98.3 cm³/mol. The third-order valence-corrected chi connectivity index (χ3v) is 5.57. The van der Waals surface area contributed by atoms with Gasteiger partial charge in [0.15, 0.2) is 11.5 Å². The molecule has 1 saturated heterocycles. The Hall–Kier alpha value is -2.09. The normalized spacial score (nSPS) is 16.7. The molecule has 0 amide bonds. The molecule has 0 unspecified atom stereocenters. The molecule has 3 aromatic rings. The number of nitrogens with zero attached hydrogens (tertiary/aromatic N) is 7. The Morgan fingerprint density at radius 3 is 2.52 bits per heavy atom. The van der Waals surface area contributed by atoms with Gasteiger partial charge in [-0.2, -0.15) is 14.0 Å². The number of hydrogen-bond acceptors (Lipinski definition) is 7. The summed E-state index contributed by atoms with van der Waals surface area (Å²) in [6.07, 6.45) is 2.06. The molecule has 0 bridgehead atoms. The second kappa shape index (κ2) is 6.01. The molecule has 0 aliphatic carbocycles. The second-order valence-electron chi connectivity index (χ2n) is 7.68. The van der Waals surface area contributed by atoms with Gasteiger partial charge in [-0.25, -0.2) is 4.98 Å². The highest BCUT2D eigenvalue weighted by molar-refractivity contribution is 7.09. The average molecular weight is 357 g/mol. The summed E-state index contributed by atoms with van der Waals surface area (Å²) < 4.78 is 6.23. The van der Waals surface area contributed by atoms with Gasteiger partial charge >= 0.3 is 0 Å². The van der Waals surface area contributed by atoms with Gasteiger partial charge in [-0.3, -0.25) is 0 Å². The van der Waals surface area contributed by atoms with Crippen LogP contribution in [0.2, 0.25) is 0 Å². The zero-order valence-corrected chi connectivity index (χ0v) is 15.9. The van der Waals surface area contributed by atoms with E-state index in [1.54, 1.807) is 0 Å². The highest BCUT2D eigenvalue weighted by Crippen LogP contribution is 2.30. The zero-order valence-electron chi connectivity index (χ0n) is 15.1. The molecule has 3 aromatic heterocycles. The van der Waals surface area contributed by atoms with Gasteiger partial charge in [-0.1, -0.05) is 20.8 Å². The van der Waals surface area contributed by atoms with E-state index in [4.69, 9.17) is 5.10 Å². The van der Waals surface area contributed by atoms with Gasteiger partial charge in [0.25, 0.3) is 0 Å². The summed E-state index contributed by atoms with van der Waals surface area (Å²) in [7, 11) is 0. The van der Waals surface area contributed by atoms with Crippen LogP contribution in [0.15, 0.2) is 12.1 Å². The van der Waals surface area contributed by atoms with Crippen LogP contribution in [0.5, 0.6) is 0 Å². The van der Waals surface area contributed by atoms with Gasteiger partial charge < -0.3 is 4.90 Å². The molecule has 7 nitrogen and oxygen atoms in total. The molecule has 0 atom stereocenters. The Labute approximate surface area is 151 Å². The van der Waals surface area contributed by atoms with Crippen molar-refractivity contribution < 1.29 is 0 Å². The number of anilines is 1. The molecular weight excluding hydrogens is 334 g/mol. The van der Waals surface area contributed by atoms with E-state index in [1.165, 1.54) is 11.5 Å². The van der Waals surface area contributed by atoms with E-state index < -0.39 is 0 Å². The van der Waals surface area contributed by atoms with Crippen LogP contribution in [0.25, 0.3) is 5.65 Å². The van der Waals surface area contributed by atoms with E-state index in [-0.39, 0.29) is 5.41 Å². The first-order valence-corrected chi connectivity index (χ1v) is 9.47. The first-order valence-electron chi connectivity index (χ1n) is 8.70. The van der Waals surface area contributed by atoms with Gasteiger partial charge in [-0.15, -0.1) is 10.2 Å². The zero-order chi connectivity index (χ0) is 17.6. The summed E-state index contributed by atoms with van der Waals surface area (Å²) in [6.45, 7) is 10.4. The predicted octanol–water partition coefficient (Wildman–Crippen LogP) is 2.97. The Morgan fingerprint density at radius 1 is 1.12 bits per heavy atom. The molecule has 0 N–H and O–H groups in total. The standard InChI is InChI=1S/C17H23N7S/c1-11-18-16(25-22-11)23-9-7-12(8-10-23)15-20-19-14-6-5-13(17(2,3)4)21-24(14)15/h5-6,12H,7-10H2,1-4H3. The van der Waals surface area contributed by atoms with Crippen molar-refractivity contribution in [1.82, 2.24) is 29.2 Å². The van der Waals surface area contributed by atoms with Crippen LogP contribution >= 0.6 is 11.5 Å². The first kappa shape index (κ1) is 16.4. The van der Waals surface area contributed by atoms with Crippen LogP contribution in [-0.4, -0.2) is 42.3 Å². The largest absolute Gasteiger partial charge is 0.347 e. The Balaban J connectivity index is 1.56. The first-order chi connectivity index (χ1) is 11.9. The molecule has 1 aliphatic rings. The number of rotatable bonds is 2. The SMILES string of the molecule is Cc1nsc(N2CCC(c3nnc4ccc(C(C)(C)C)nn34)CC2)n1. The van der Waals surface area contributed by atoms with Crippen molar-refractivity contribution >= 4 is 22.3 Å². The van der Waals surface area contributed by atoms with E-state index in [1.807, 2.05) is 23.6 Å². The van der Waals surface area contributed by atoms with Crippen LogP contribution in [-0.2, 0) is 5.41 Å². The maximum Gasteiger partial charge on any atom is 0.205 e. The molecule has 4 heterocycles. The van der Waals surface area contributed by atoms with Crippen molar-refractivity contribution in [3.63, 3.8) is 0 Å². The van der Waals surface area contributed by atoms with Crippen LogP contribution in [0.3, 0.4) is 0 Å². The Kier molecular flexibility index (Phi) is 3.94. The third kappa shape index (κ3) is 3.10. The molecule has 4 rings (SSSR count). The van der Waals surface area contributed by atoms with E-state index in [9.17, 15) is 0 Å². The average Bonchev–Trinajstić information content (AvgIpc) is 3.20. The lowest BCUT2D eigenvalue weighted by atomic mass is 9.92. The molecule has 0 saturated carbocycles. The molecule has 0 aromatic carbocycles. The lowest BCUT2D eigenvalue weighted by Crippen LogP contribution is -2.33. The molecule has 1 aliphatic heterocycles. The number of fused-ring (bicyclic) bond motifs is 1. The van der Waals surface area contributed by atoms with Crippen molar-refractivity contribution in [2.75, 3.05) is 18.0 Å². The van der Waals surface area contributed by atoms with Crippen molar-refractivity contribution in [2.24, 2.45) is 0 Å². The number of hydrogen-bond donors (Lipinski definition) is 0. The fourth-order valence-electron chi connectivity index (χ4n) is 3.20. The number of piperidine rings is 1. The van der Waals surface area contributed by atoms with E-state index >= 15 is 0 Å². The van der Waals surface area contributed by atoms with E-state index in [0.29, 0.717) is 5.92 Å². The third-order valence-electron chi connectivity index (χ3n) is 4.70. The highest BCUT2D eigenvalue weighted by Gasteiger charge is 2.27. The number of aromatic nitrogens is 6. The lowest BCUT2D eigenvalue weighted by Gasteiger charge is -2.30. The van der Waals surface area contributed by atoms with Crippen LogP contribution in [0, 0.1) is 6.92 Å². The van der Waals surface area contributed by atoms with Crippen molar-refractivity contribution in [2.45, 2.75) is 51.9 Å². The molecule has 0 radical (unpaired) electrons. The summed E-state index contributed by atoms with van der Waals surface area (Å²) in [4.78, 5) is 6.82. The van der Waals surface area contributed by atoms with Crippen LogP contribution in [0.4, 0.5) is 5.13 Å². The van der Waals surface area contributed by atoms with Crippen LogP contribution < -0.4 is 4.90 Å². The van der Waals surface area contributed by atoms with Gasteiger partial charge in [0, 0.05) is 36.0 Å². The molecule has 8 heteroatoms. The summed E-state index contributed by atoms with van der Waals surface area (Å²) in [5.41, 5.74) is 1.89. The van der Waals surface area contributed by atoms with Gasteiger partial charge in [0.05, 0.1) is 5.69 Å². The lowest BCUT2D eigenvalue weighted by molar-refractivity contribution is 0.472. The van der Waals surface area contributed by atoms with E-state index in [2.05, 4.69) is 45.2 Å². The molecule has 1 fully saturated rings. The topological polar surface area (TPSA) is 72.1 Å². The molecule has 0 spiro atoms. The maximum atomic E-state index is 4.82. The second-order valence-corrected chi connectivity index (χ2v) is 8.41. The van der Waals surface area contributed by atoms with Crippen molar-refractivity contribution in [1.29, 1.82) is 0 Å². The van der Waals surface area contributed by atoms with E-state index in [0.717, 1.165) is 54.1 Å². The molecule has 132 valence electrons. The Bertz CT molecular complexity index is 884. The van der Waals surface area contributed by atoms with Crippen LogP contribution in [0.1, 0.15) is 56.9 Å². The van der Waals surface area contributed by atoms with Crippen molar-refractivity contribution in [3.8, 4) is 0 Å². The van der Waals surface area contributed by atoms with Gasteiger partial charge in [0.2, 0.25) is 5.13 Å². The summed E-state index contributed by atoms with van der Waals surface area (Å²) in [6, 6.07) is 4.07. The summed E-state index contributed by atoms with van der Waals surface area (Å²) in [5.74, 6) is 2.21. The smallest absolute Gasteiger partial charge is 0.205 e. The Morgan fingerprint density at radius 2 is 1.88 bits per heavy atom. The molecule has 25 heavy (non-hydrogen) atoms. The molecular formula is C17H23N7S. The number of aryl methyl sites for hydroxylation is 1. The summed E-state index contributed by atoms with van der Waals surface area (Å²) >= 11 is 1.48. The van der Waals surface area contributed by atoms with Gasteiger partial charge in [-0.05, 0) is 31.9 Å². The minimum absolute atomic E-state index is 0.00872. The minimum Gasteiger partial charge on any atom is -0.347 e.